The van der Waals surface area contributed by atoms with E-state index in [1.807, 2.05) is 84.9 Å². The third-order valence-electron chi connectivity index (χ3n) is 10.6. The summed E-state index contributed by atoms with van der Waals surface area (Å²) in [5.41, 5.74) is 2.39. The van der Waals surface area contributed by atoms with Crippen LogP contribution in [0.5, 0.6) is 5.75 Å². The summed E-state index contributed by atoms with van der Waals surface area (Å²) >= 11 is 0. The number of fused-ring (bicyclic) bond motifs is 4. The van der Waals surface area contributed by atoms with Crippen LogP contribution in [0.2, 0.25) is 0 Å². The maximum absolute atomic E-state index is 15.0. The molecule has 6 atom stereocenters. The van der Waals surface area contributed by atoms with Gasteiger partial charge in [-0.1, -0.05) is 96.6 Å². The van der Waals surface area contributed by atoms with E-state index in [4.69, 9.17) is 0 Å². The average molecular weight is 598 g/mol. The molecule has 0 radical (unpaired) electrons. The summed E-state index contributed by atoms with van der Waals surface area (Å²) in [6, 6.07) is 24.1. The quantitative estimate of drug-likeness (QED) is 0.280. The van der Waals surface area contributed by atoms with Crippen LogP contribution in [0.3, 0.4) is 0 Å². The first-order chi connectivity index (χ1) is 21.8. The van der Waals surface area contributed by atoms with E-state index in [1.165, 1.54) is 11.0 Å². The van der Waals surface area contributed by atoms with E-state index in [0.29, 0.717) is 40.7 Å². The van der Waals surface area contributed by atoms with E-state index >= 15 is 4.79 Å². The van der Waals surface area contributed by atoms with Gasteiger partial charge in [0.25, 0.3) is 0 Å². The molecule has 3 aliphatic carbocycles. The molecule has 1 saturated heterocycles. The predicted octanol–water partition coefficient (Wildman–Crippen LogP) is 5.97. The Morgan fingerprint density at radius 2 is 1.62 bits per heavy atom. The van der Waals surface area contributed by atoms with Crippen molar-refractivity contribution in [3.8, 4) is 5.75 Å². The Hall–Kier alpha value is -4.84. The summed E-state index contributed by atoms with van der Waals surface area (Å²) in [6.07, 6.45) is 6.27. The SMILES string of the molecule is C=CCc1cccc([C@H]2C3=CC[C@@H]4C(=O)N(CC)C(=O)[C@@H]4[C@@H]3C[C@H]3C(=O)C(c4ccccc4)=CC(=O)[C@@]23c2ccccc2)c1O. The van der Waals surface area contributed by atoms with Gasteiger partial charge in [-0.2, -0.15) is 0 Å². The van der Waals surface area contributed by atoms with Crippen molar-refractivity contribution >= 4 is 29.0 Å². The summed E-state index contributed by atoms with van der Waals surface area (Å²) in [5, 5.41) is 11.8. The van der Waals surface area contributed by atoms with E-state index in [-0.39, 0.29) is 42.1 Å². The Kier molecular flexibility index (Phi) is 7.03. The van der Waals surface area contributed by atoms with E-state index < -0.39 is 35.0 Å². The number of para-hydroxylation sites is 1. The Bertz CT molecular complexity index is 1810. The topological polar surface area (TPSA) is 91.8 Å². The fourth-order valence-corrected chi connectivity index (χ4v) is 8.76. The lowest BCUT2D eigenvalue weighted by molar-refractivity contribution is -0.140. The van der Waals surface area contributed by atoms with Crippen molar-refractivity contribution in [2.75, 3.05) is 6.54 Å². The minimum absolute atomic E-state index is 0.0576. The first-order valence-corrected chi connectivity index (χ1v) is 15.7. The fraction of sp³-hybridized carbons (Fsp3) is 0.282. The van der Waals surface area contributed by atoms with Crippen LogP contribution < -0.4 is 0 Å². The van der Waals surface area contributed by atoms with Gasteiger partial charge in [0.05, 0.1) is 17.3 Å². The van der Waals surface area contributed by atoms with Crippen molar-refractivity contribution < 1.29 is 24.3 Å². The molecule has 1 N–H and O–H groups in total. The van der Waals surface area contributed by atoms with Crippen molar-refractivity contribution in [3.05, 3.63) is 131 Å². The maximum atomic E-state index is 15.0. The van der Waals surface area contributed by atoms with Crippen molar-refractivity contribution in [2.24, 2.45) is 23.7 Å². The lowest BCUT2D eigenvalue weighted by Gasteiger charge is -2.55. The fourth-order valence-electron chi connectivity index (χ4n) is 8.76. The molecule has 6 nitrogen and oxygen atoms in total. The van der Waals surface area contributed by atoms with Crippen molar-refractivity contribution in [3.63, 3.8) is 0 Å². The number of imide groups is 1. The molecule has 1 heterocycles. The van der Waals surface area contributed by atoms with Crippen LogP contribution in [0.25, 0.3) is 5.57 Å². The highest BCUT2D eigenvalue weighted by Gasteiger charge is 2.66. The van der Waals surface area contributed by atoms with E-state index in [1.54, 1.807) is 13.0 Å². The molecule has 0 spiro atoms. The molecule has 0 bridgehead atoms. The molecule has 2 fully saturated rings. The largest absolute Gasteiger partial charge is 0.507 e. The van der Waals surface area contributed by atoms with E-state index in [2.05, 4.69) is 6.58 Å². The van der Waals surface area contributed by atoms with Crippen LogP contribution in [0.4, 0.5) is 0 Å². The average Bonchev–Trinajstić information content (AvgIpc) is 3.32. The normalized spacial score (nSPS) is 29.0. The summed E-state index contributed by atoms with van der Waals surface area (Å²) < 4.78 is 0. The van der Waals surface area contributed by atoms with Crippen LogP contribution in [0, 0.1) is 23.7 Å². The predicted molar refractivity (Wildman–Crippen MR) is 171 cm³/mol. The number of hydrogen-bond acceptors (Lipinski definition) is 5. The van der Waals surface area contributed by atoms with Crippen LogP contribution in [-0.2, 0) is 31.0 Å². The number of nitrogens with zero attached hydrogens (tertiary/aromatic N) is 1. The number of Topliss-reactive ketones (excluding diaryl/α,β-unsaturated/α-hetero) is 1. The smallest absolute Gasteiger partial charge is 0.233 e. The number of carbonyl (C=O) groups is 4. The minimum atomic E-state index is -1.37. The van der Waals surface area contributed by atoms with Gasteiger partial charge in [-0.15, -0.1) is 6.58 Å². The molecule has 3 aromatic carbocycles. The zero-order valence-corrected chi connectivity index (χ0v) is 25.2. The maximum Gasteiger partial charge on any atom is 0.233 e. The molecule has 6 heteroatoms. The Morgan fingerprint density at radius 1 is 0.911 bits per heavy atom. The molecular formula is C39H35NO5. The molecule has 3 aromatic rings. The Morgan fingerprint density at radius 3 is 2.31 bits per heavy atom. The highest BCUT2D eigenvalue weighted by atomic mass is 16.3. The summed E-state index contributed by atoms with van der Waals surface area (Å²) in [4.78, 5) is 58.5. The van der Waals surface area contributed by atoms with Crippen LogP contribution >= 0.6 is 0 Å². The second-order valence-corrected chi connectivity index (χ2v) is 12.6. The zero-order chi connectivity index (χ0) is 31.5. The standard InChI is InChI=1S/C39H35NO5/c1-3-12-24-15-11-18-28(35(24)42)34-26-19-20-27-33(38(45)40(4-2)37(27)44)30(26)21-31-36(43)29(23-13-7-5-8-14-23)22-32(41)39(31,34)25-16-9-6-10-17-25/h3,5-11,13-19,22,27,30-31,33-34,42H,1,4,12,20-21H2,2H3/t27-,30+,31-,33-,34+,39-/m0/s1. The molecule has 4 aliphatic rings. The number of ketones is 2. The molecule has 1 aliphatic heterocycles. The monoisotopic (exact) mass is 597 g/mol. The number of amides is 2. The molecule has 7 rings (SSSR count). The number of hydrogen-bond donors (Lipinski definition) is 1. The van der Waals surface area contributed by atoms with Gasteiger partial charge in [-0.3, -0.25) is 24.1 Å². The van der Waals surface area contributed by atoms with Gasteiger partial charge >= 0.3 is 0 Å². The zero-order valence-electron chi connectivity index (χ0n) is 25.2. The lowest BCUT2D eigenvalue weighted by atomic mass is 9.44. The van der Waals surface area contributed by atoms with Gasteiger partial charge < -0.3 is 5.11 Å². The first-order valence-electron chi connectivity index (χ1n) is 15.7. The number of likely N-dealkylation sites (tertiary alicyclic amines) is 1. The van der Waals surface area contributed by atoms with E-state index in [0.717, 1.165) is 5.57 Å². The van der Waals surface area contributed by atoms with Gasteiger partial charge in [-0.25, -0.2) is 0 Å². The summed E-state index contributed by atoms with van der Waals surface area (Å²) in [5.74, 6) is -3.85. The molecule has 1 saturated carbocycles. The highest BCUT2D eigenvalue weighted by molar-refractivity contribution is 6.31. The van der Waals surface area contributed by atoms with Crippen LogP contribution in [-0.4, -0.2) is 39.9 Å². The van der Waals surface area contributed by atoms with E-state index in [9.17, 15) is 19.5 Å². The second-order valence-electron chi connectivity index (χ2n) is 12.6. The molecular weight excluding hydrogens is 562 g/mol. The van der Waals surface area contributed by atoms with Gasteiger partial charge in [0.15, 0.2) is 11.6 Å². The molecule has 2 amide bonds. The number of phenols is 1. The molecule has 0 unspecified atom stereocenters. The van der Waals surface area contributed by atoms with Crippen molar-refractivity contribution in [1.82, 2.24) is 4.90 Å². The number of allylic oxidation sites excluding steroid dienone is 5. The van der Waals surface area contributed by atoms with Crippen molar-refractivity contribution in [2.45, 2.75) is 37.5 Å². The molecule has 226 valence electrons. The Labute approximate surface area is 262 Å². The van der Waals surface area contributed by atoms with Crippen LogP contribution in [0.1, 0.15) is 47.9 Å². The van der Waals surface area contributed by atoms with Gasteiger partial charge in [0.1, 0.15) is 5.75 Å². The summed E-state index contributed by atoms with van der Waals surface area (Å²) in [7, 11) is 0. The van der Waals surface area contributed by atoms with Gasteiger partial charge in [0.2, 0.25) is 11.8 Å². The number of benzene rings is 3. The second kappa shape index (κ2) is 11.0. The third-order valence-corrected chi connectivity index (χ3v) is 10.6. The van der Waals surface area contributed by atoms with Crippen LogP contribution in [0.15, 0.2) is 109 Å². The third kappa shape index (κ3) is 4.08. The number of phenolic OH excluding ortho intramolecular Hbond substituents is 1. The molecule has 45 heavy (non-hydrogen) atoms. The lowest BCUT2D eigenvalue weighted by Crippen LogP contribution is -2.58. The highest BCUT2D eigenvalue weighted by Crippen LogP contribution is 2.64. The first kappa shape index (κ1) is 28.9. The number of rotatable bonds is 6. The van der Waals surface area contributed by atoms with Crippen molar-refractivity contribution in [1.29, 1.82) is 0 Å². The minimum Gasteiger partial charge on any atom is -0.507 e. The number of aromatic hydroxyl groups is 1. The number of carbonyl (C=O) groups excluding carboxylic acids is 4. The Balaban J connectivity index is 1.53. The van der Waals surface area contributed by atoms with Gasteiger partial charge in [-0.05, 0) is 54.9 Å². The summed E-state index contributed by atoms with van der Waals surface area (Å²) in [6.45, 7) is 5.94. The molecule has 0 aromatic heterocycles. The van der Waals surface area contributed by atoms with Gasteiger partial charge in [0, 0.05) is 29.5 Å².